The van der Waals surface area contributed by atoms with Crippen LogP contribution in [0.1, 0.15) is 30.1 Å². The first kappa shape index (κ1) is 9.64. The molecule has 0 unspecified atom stereocenters. The lowest BCUT2D eigenvalue weighted by atomic mass is 10.3. The van der Waals surface area contributed by atoms with Gasteiger partial charge in [-0.2, -0.15) is 0 Å². The molecule has 0 aliphatic carbocycles. The first-order chi connectivity index (χ1) is 6.25. The van der Waals surface area contributed by atoms with Gasteiger partial charge in [0.2, 0.25) is 0 Å². The highest BCUT2D eigenvalue weighted by Crippen LogP contribution is 2.18. The molecule has 0 atom stereocenters. The number of unbranched alkanes of at least 4 members (excludes halogenated alkanes) is 1. The Morgan fingerprint density at radius 3 is 2.92 bits per heavy atom. The van der Waals surface area contributed by atoms with Gasteiger partial charge in [-0.05, 0) is 6.42 Å². The van der Waals surface area contributed by atoms with E-state index in [1.54, 1.807) is 0 Å². The average molecular weight is 184 g/mol. The van der Waals surface area contributed by atoms with E-state index in [9.17, 15) is 4.79 Å². The van der Waals surface area contributed by atoms with Gasteiger partial charge < -0.3 is 14.3 Å². The number of rotatable bonds is 4. The normalized spacial score (nSPS) is 9.92. The maximum atomic E-state index is 11.2. The number of furan rings is 1. The van der Waals surface area contributed by atoms with Crippen LogP contribution in [0.15, 0.2) is 16.9 Å². The minimum atomic E-state index is -0.542. The predicted octanol–water partition coefficient (Wildman–Crippen LogP) is 1.94. The van der Waals surface area contributed by atoms with Crippen LogP contribution in [0.2, 0.25) is 0 Å². The Labute approximate surface area is 76.1 Å². The monoisotopic (exact) mass is 184 g/mol. The SMILES string of the molecule is CCCCOC(=O)c1cocc1O. The van der Waals surface area contributed by atoms with Crippen molar-refractivity contribution in [2.45, 2.75) is 19.8 Å². The minimum Gasteiger partial charge on any atom is -0.504 e. The zero-order chi connectivity index (χ0) is 9.68. The Balaban J connectivity index is 2.45. The fourth-order valence-electron chi connectivity index (χ4n) is 0.830. The molecule has 0 bridgehead atoms. The zero-order valence-electron chi connectivity index (χ0n) is 7.45. The van der Waals surface area contributed by atoms with Crippen LogP contribution >= 0.6 is 0 Å². The van der Waals surface area contributed by atoms with E-state index >= 15 is 0 Å². The van der Waals surface area contributed by atoms with Crippen molar-refractivity contribution in [1.29, 1.82) is 0 Å². The van der Waals surface area contributed by atoms with Gasteiger partial charge in [-0.25, -0.2) is 4.79 Å². The van der Waals surface area contributed by atoms with Gasteiger partial charge in [-0.3, -0.25) is 0 Å². The molecule has 0 aliphatic heterocycles. The van der Waals surface area contributed by atoms with Gasteiger partial charge >= 0.3 is 5.97 Å². The fourth-order valence-corrected chi connectivity index (χ4v) is 0.830. The molecule has 0 aromatic carbocycles. The van der Waals surface area contributed by atoms with Gasteiger partial charge in [-0.15, -0.1) is 0 Å². The Kier molecular flexibility index (Phi) is 3.37. The average Bonchev–Trinajstić information content (AvgIpc) is 2.52. The number of esters is 1. The van der Waals surface area contributed by atoms with Gasteiger partial charge in [0.15, 0.2) is 5.75 Å². The quantitative estimate of drug-likeness (QED) is 0.573. The second-order valence-corrected chi connectivity index (χ2v) is 2.66. The summed E-state index contributed by atoms with van der Waals surface area (Å²) in [5.41, 5.74) is 0.0797. The molecule has 0 saturated carbocycles. The molecule has 1 N–H and O–H groups in total. The van der Waals surface area contributed by atoms with Gasteiger partial charge in [0.1, 0.15) is 18.1 Å². The molecule has 1 aromatic rings. The van der Waals surface area contributed by atoms with E-state index in [1.807, 2.05) is 6.92 Å². The standard InChI is InChI=1S/C9H12O4/c1-2-3-4-13-9(11)7-5-12-6-8(7)10/h5-6,10H,2-4H2,1H3. The van der Waals surface area contributed by atoms with E-state index in [1.165, 1.54) is 6.26 Å². The van der Waals surface area contributed by atoms with E-state index in [2.05, 4.69) is 4.42 Å². The van der Waals surface area contributed by atoms with Crippen LogP contribution in [-0.4, -0.2) is 17.7 Å². The molecule has 13 heavy (non-hydrogen) atoms. The third-order valence-electron chi connectivity index (χ3n) is 1.59. The molecule has 0 spiro atoms. The summed E-state index contributed by atoms with van der Waals surface area (Å²) in [5.74, 6) is -0.721. The smallest absolute Gasteiger partial charge is 0.345 e. The largest absolute Gasteiger partial charge is 0.504 e. The highest BCUT2D eigenvalue weighted by molar-refractivity contribution is 5.91. The summed E-state index contributed by atoms with van der Waals surface area (Å²) in [5, 5.41) is 9.08. The topological polar surface area (TPSA) is 59.7 Å². The predicted molar refractivity (Wildman–Crippen MR) is 45.6 cm³/mol. The van der Waals surface area contributed by atoms with Crippen LogP contribution in [0.5, 0.6) is 5.75 Å². The molecule has 72 valence electrons. The lowest BCUT2D eigenvalue weighted by Gasteiger charge is -2.00. The van der Waals surface area contributed by atoms with Crippen LogP contribution < -0.4 is 0 Å². The molecule has 0 saturated heterocycles. The van der Waals surface area contributed by atoms with E-state index in [-0.39, 0.29) is 11.3 Å². The van der Waals surface area contributed by atoms with Gasteiger partial charge in [0, 0.05) is 0 Å². The van der Waals surface area contributed by atoms with Gasteiger partial charge in [0.25, 0.3) is 0 Å². The fraction of sp³-hybridized carbons (Fsp3) is 0.444. The number of aromatic hydroxyl groups is 1. The Hall–Kier alpha value is -1.45. The lowest BCUT2D eigenvalue weighted by Crippen LogP contribution is -2.05. The van der Waals surface area contributed by atoms with Crippen molar-refractivity contribution >= 4 is 5.97 Å². The highest BCUT2D eigenvalue weighted by atomic mass is 16.5. The summed E-state index contributed by atoms with van der Waals surface area (Å²) in [6.07, 6.45) is 4.05. The molecule has 4 heteroatoms. The van der Waals surface area contributed by atoms with E-state index < -0.39 is 5.97 Å². The van der Waals surface area contributed by atoms with Crippen molar-refractivity contribution in [1.82, 2.24) is 0 Å². The first-order valence-corrected chi connectivity index (χ1v) is 4.18. The Morgan fingerprint density at radius 2 is 2.38 bits per heavy atom. The molecule has 4 nitrogen and oxygen atoms in total. The number of hydrogen-bond donors (Lipinski definition) is 1. The molecule has 0 radical (unpaired) electrons. The number of hydrogen-bond acceptors (Lipinski definition) is 4. The first-order valence-electron chi connectivity index (χ1n) is 4.18. The molecule has 0 fully saturated rings. The molecule has 0 aliphatic rings. The summed E-state index contributed by atoms with van der Waals surface area (Å²) >= 11 is 0. The minimum absolute atomic E-state index is 0.0797. The van der Waals surface area contributed by atoms with Crippen molar-refractivity contribution < 1.29 is 19.1 Å². The van der Waals surface area contributed by atoms with E-state index in [0.29, 0.717) is 6.61 Å². The molecule has 1 rings (SSSR count). The number of ether oxygens (including phenoxy) is 1. The third-order valence-corrected chi connectivity index (χ3v) is 1.59. The summed E-state index contributed by atoms with van der Waals surface area (Å²) in [4.78, 5) is 11.2. The summed E-state index contributed by atoms with van der Waals surface area (Å²) < 4.78 is 9.47. The number of carbonyl (C=O) groups excluding carboxylic acids is 1. The van der Waals surface area contributed by atoms with Gasteiger partial charge in [0.05, 0.1) is 6.61 Å². The van der Waals surface area contributed by atoms with Crippen molar-refractivity contribution in [3.05, 3.63) is 18.1 Å². The van der Waals surface area contributed by atoms with Crippen molar-refractivity contribution in [3.8, 4) is 5.75 Å². The van der Waals surface area contributed by atoms with Crippen molar-refractivity contribution in [2.75, 3.05) is 6.61 Å². The highest BCUT2D eigenvalue weighted by Gasteiger charge is 2.13. The lowest BCUT2D eigenvalue weighted by molar-refractivity contribution is 0.0496. The van der Waals surface area contributed by atoms with Crippen LogP contribution in [-0.2, 0) is 4.74 Å². The van der Waals surface area contributed by atoms with E-state index in [4.69, 9.17) is 9.84 Å². The molecule has 0 amide bonds. The maximum absolute atomic E-state index is 11.2. The van der Waals surface area contributed by atoms with Gasteiger partial charge in [-0.1, -0.05) is 13.3 Å². The van der Waals surface area contributed by atoms with Crippen LogP contribution in [0.25, 0.3) is 0 Å². The Morgan fingerprint density at radius 1 is 1.62 bits per heavy atom. The summed E-state index contributed by atoms with van der Waals surface area (Å²) in [6, 6.07) is 0. The second-order valence-electron chi connectivity index (χ2n) is 2.66. The second kappa shape index (κ2) is 4.54. The zero-order valence-corrected chi connectivity index (χ0v) is 7.45. The van der Waals surface area contributed by atoms with Crippen molar-refractivity contribution in [2.24, 2.45) is 0 Å². The van der Waals surface area contributed by atoms with Crippen molar-refractivity contribution in [3.63, 3.8) is 0 Å². The van der Waals surface area contributed by atoms with E-state index in [0.717, 1.165) is 19.1 Å². The van der Waals surface area contributed by atoms with Crippen LogP contribution in [0, 0.1) is 0 Å². The van der Waals surface area contributed by atoms with Crippen LogP contribution in [0.4, 0.5) is 0 Å². The Bertz CT molecular complexity index is 277. The maximum Gasteiger partial charge on any atom is 0.345 e. The molecule has 1 aromatic heterocycles. The molecule has 1 heterocycles. The molecular weight excluding hydrogens is 172 g/mol. The number of carbonyl (C=O) groups is 1. The van der Waals surface area contributed by atoms with Crippen LogP contribution in [0.3, 0.4) is 0 Å². The summed E-state index contributed by atoms with van der Waals surface area (Å²) in [7, 11) is 0. The molecular formula is C9H12O4. The third kappa shape index (κ3) is 2.50. The summed E-state index contributed by atoms with van der Waals surface area (Å²) in [6.45, 7) is 2.38.